The molecular formula is C6H14N4O4. The molecule has 0 radical (unpaired) electrons. The quantitative estimate of drug-likeness (QED) is 0.357. The Bertz CT molecular complexity index is 167. The highest BCUT2D eigenvalue weighted by Gasteiger charge is 2.26. The molecule has 1 rings (SSSR count). The fraction of sp³-hybridized carbons (Fsp3) is 0.833. The molecule has 5 N–H and O–H groups in total. The van der Waals surface area contributed by atoms with Crippen LogP contribution in [0.5, 0.6) is 0 Å². The molecule has 0 amide bonds. The maximum absolute atomic E-state index is 8.50. The molecule has 0 unspecified atom stereocenters. The van der Waals surface area contributed by atoms with E-state index < -0.39 is 31.8 Å². The van der Waals surface area contributed by atoms with E-state index in [1.807, 2.05) is 0 Å². The molecule has 0 saturated carbocycles. The van der Waals surface area contributed by atoms with Gasteiger partial charge in [0.05, 0.1) is 31.8 Å². The molecule has 1 aromatic heterocycles. The van der Waals surface area contributed by atoms with Crippen LogP contribution in [0.3, 0.4) is 0 Å². The Balaban J connectivity index is 0.000000280. The fourth-order valence-corrected chi connectivity index (χ4v) is 0.429. The van der Waals surface area contributed by atoms with Crippen molar-refractivity contribution >= 4 is 0 Å². The van der Waals surface area contributed by atoms with Crippen molar-refractivity contribution in [1.82, 2.24) is 20.6 Å². The normalized spacial score (nSPS) is 10.6. The van der Waals surface area contributed by atoms with Gasteiger partial charge in [-0.05, 0) is 0 Å². The molecule has 0 fully saturated rings. The number of hydrogen-bond acceptors (Lipinski definition) is 7. The van der Waals surface area contributed by atoms with E-state index in [-0.39, 0.29) is 0 Å². The molecule has 0 aromatic carbocycles. The molecule has 0 saturated heterocycles. The Labute approximate surface area is 80.2 Å². The first kappa shape index (κ1) is 12.9. The number of nitrogens with one attached hydrogen (secondary N) is 1. The summed E-state index contributed by atoms with van der Waals surface area (Å²) < 4.78 is 0. The summed E-state index contributed by atoms with van der Waals surface area (Å²) in [6.45, 7) is -1.62. The van der Waals surface area contributed by atoms with Gasteiger partial charge in [0, 0.05) is 0 Å². The van der Waals surface area contributed by atoms with E-state index in [9.17, 15) is 0 Å². The van der Waals surface area contributed by atoms with Crippen molar-refractivity contribution in [1.29, 1.82) is 0 Å². The van der Waals surface area contributed by atoms with Gasteiger partial charge in [0.1, 0.15) is 0 Å². The van der Waals surface area contributed by atoms with E-state index in [4.69, 9.17) is 20.4 Å². The molecule has 8 nitrogen and oxygen atoms in total. The maximum atomic E-state index is 8.50. The Morgan fingerprint density at radius 3 is 1.57 bits per heavy atom. The molecule has 1 heterocycles. The zero-order chi connectivity index (χ0) is 10.9. The number of rotatable bonds is 4. The van der Waals surface area contributed by atoms with Gasteiger partial charge in [0.2, 0.25) is 0 Å². The van der Waals surface area contributed by atoms with E-state index in [0.717, 1.165) is 0 Å². The topological polar surface area (TPSA) is 135 Å². The fourth-order valence-electron chi connectivity index (χ4n) is 0.429. The number of aromatic nitrogens is 4. The minimum atomic E-state index is -1.11. The van der Waals surface area contributed by atoms with Crippen molar-refractivity contribution in [2.24, 2.45) is 5.41 Å². The minimum absolute atomic E-state index is 0.406. The Hall–Kier alpha value is -1.09. The van der Waals surface area contributed by atoms with Crippen LogP contribution >= 0.6 is 0 Å². The lowest BCUT2D eigenvalue weighted by Crippen LogP contribution is -2.37. The van der Waals surface area contributed by atoms with Gasteiger partial charge in [-0.3, -0.25) is 0 Å². The van der Waals surface area contributed by atoms with Crippen LogP contribution in [-0.2, 0) is 0 Å². The van der Waals surface area contributed by atoms with Crippen LogP contribution in [0.4, 0.5) is 0 Å². The summed E-state index contributed by atoms with van der Waals surface area (Å²) in [5, 5.41) is 46.2. The third-order valence-corrected chi connectivity index (χ3v) is 1.61. The molecule has 82 valence electrons. The number of aliphatic hydroxyl groups excluding tert-OH is 4. The van der Waals surface area contributed by atoms with E-state index in [1.54, 1.807) is 0 Å². The number of aliphatic hydroxyl groups is 4. The zero-order valence-electron chi connectivity index (χ0n) is 7.54. The molecule has 0 spiro atoms. The van der Waals surface area contributed by atoms with Crippen molar-refractivity contribution in [3.05, 3.63) is 6.33 Å². The summed E-state index contributed by atoms with van der Waals surface area (Å²) in [6.07, 6.45) is 1.33. The third-order valence-electron chi connectivity index (χ3n) is 1.61. The average Bonchev–Trinajstić information content (AvgIpc) is 2.80. The maximum Gasteiger partial charge on any atom is 0.161 e. The third kappa shape index (κ3) is 4.23. The predicted octanol–water partition coefficient (Wildman–Crippen LogP) is -2.86. The largest absolute Gasteiger partial charge is 0.396 e. The highest BCUT2D eigenvalue weighted by Crippen LogP contribution is 2.11. The summed E-state index contributed by atoms with van der Waals surface area (Å²) in [7, 11) is 0. The second kappa shape index (κ2) is 7.33. The lowest BCUT2D eigenvalue weighted by Gasteiger charge is -2.23. The predicted molar refractivity (Wildman–Crippen MR) is 45.0 cm³/mol. The van der Waals surface area contributed by atoms with Crippen molar-refractivity contribution < 1.29 is 20.4 Å². The highest BCUT2D eigenvalue weighted by molar-refractivity contribution is 4.74. The summed E-state index contributed by atoms with van der Waals surface area (Å²) in [5.74, 6) is 0. The standard InChI is InChI=1S/C5H12O4.CH2N4/c6-1-5(2-7,3-8)4-9;1-2-4-5-3-1/h6-9H,1-4H2;1H,(H,2,3,4,5). The number of hydrogen-bond donors (Lipinski definition) is 5. The van der Waals surface area contributed by atoms with Gasteiger partial charge in [0.25, 0.3) is 0 Å². The number of nitrogens with zero attached hydrogens (tertiary/aromatic N) is 3. The van der Waals surface area contributed by atoms with Crippen molar-refractivity contribution in [2.75, 3.05) is 26.4 Å². The van der Waals surface area contributed by atoms with E-state index >= 15 is 0 Å². The molecule has 1 aromatic rings. The van der Waals surface area contributed by atoms with Crippen LogP contribution in [-0.4, -0.2) is 67.5 Å². The summed E-state index contributed by atoms with van der Waals surface area (Å²) in [6, 6.07) is 0. The van der Waals surface area contributed by atoms with Crippen LogP contribution in [0, 0.1) is 5.41 Å². The summed E-state index contributed by atoms with van der Waals surface area (Å²) >= 11 is 0. The van der Waals surface area contributed by atoms with Crippen LogP contribution < -0.4 is 0 Å². The molecule has 0 aliphatic rings. The van der Waals surface area contributed by atoms with Gasteiger partial charge in [-0.25, -0.2) is 0 Å². The Kier molecular flexibility index (Phi) is 6.76. The first-order valence-electron chi connectivity index (χ1n) is 3.84. The van der Waals surface area contributed by atoms with Crippen LogP contribution in [0.25, 0.3) is 0 Å². The minimum Gasteiger partial charge on any atom is -0.396 e. The monoisotopic (exact) mass is 206 g/mol. The number of tetrazole rings is 1. The van der Waals surface area contributed by atoms with E-state index in [0.29, 0.717) is 0 Å². The van der Waals surface area contributed by atoms with Gasteiger partial charge in [-0.1, -0.05) is 5.21 Å². The Morgan fingerprint density at radius 1 is 1.00 bits per heavy atom. The molecule has 0 bridgehead atoms. The average molecular weight is 206 g/mol. The van der Waals surface area contributed by atoms with Crippen LogP contribution in [0.1, 0.15) is 0 Å². The van der Waals surface area contributed by atoms with E-state index in [2.05, 4.69) is 20.6 Å². The van der Waals surface area contributed by atoms with Crippen molar-refractivity contribution in [2.45, 2.75) is 0 Å². The second-order valence-corrected chi connectivity index (χ2v) is 2.69. The summed E-state index contributed by atoms with van der Waals surface area (Å²) in [5.41, 5.74) is -1.11. The van der Waals surface area contributed by atoms with Gasteiger partial charge in [-0.2, -0.15) is 5.21 Å². The zero-order valence-corrected chi connectivity index (χ0v) is 7.54. The Morgan fingerprint density at radius 2 is 1.50 bits per heavy atom. The lowest BCUT2D eigenvalue weighted by atomic mass is 9.93. The van der Waals surface area contributed by atoms with Gasteiger partial charge < -0.3 is 20.4 Å². The molecule has 14 heavy (non-hydrogen) atoms. The molecular weight excluding hydrogens is 192 g/mol. The second-order valence-electron chi connectivity index (χ2n) is 2.69. The molecule has 0 atom stereocenters. The highest BCUT2D eigenvalue weighted by atomic mass is 16.3. The number of aromatic amines is 1. The smallest absolute Gasteiger partial charge is 0.161 e. The summed E-state index contributed by atoms with van der Waals surface area (Å²) in [4.78, 5) is 0. The van der Waals surface area contributed by atoms with Gasteiger partial charge in [-0.15, -0.1) is 10.2 Å². The van der Waals surface area contributed by atoms with Gasteiger partial charge in [0.15, 0.2) is 6.33 Å². The molecule has 8 heteroatoms. The van der Waals surface area contributed by atoms with Crippen LogP contribution in [0.15, 0.2) is 6.33 Å². The lowest BCUT2D eigenvalue weighted by molar-refractivity contribution is -0.0328. The SMILES string of the molecule is OCC(CO)(CO)CO.c1nn[nH]n1. The first-order valence-corrected chi connectivity index (χ1v) is 3.84. The number of H-pyrrole nitrogens is 1. The first-order chi connectivity index (χ1) is 6.74. The van der Waals surface area contributed by atoms with Gasteiger partial charge >= 0.3 is 0 Å². The van der Waals surface area contributed by atoms with Crippen molar-refractivity contribution in [3.63, 3.8) is 0 Å². The van der Waals surface area contributed by atoms with Crippen molar-refractivity contribution in [3.8, 4) is 0 Å². The molecule has 0 aliphatic carbocycles. The van der Waals surface area contributed by atoms with Crippen LogP contribution in [0.2, 0.25) is 0 Å². The van der Waals surface area contributed by atoms with E-state index in [1.165, 1.54) is 6.33 Å². The molecule has 0 aliphatic heterocycles.